The molecule has 1 unspecified atom stereocenters. The quantitative estimate of drug-likeness (QED) is 0.839. The van der Waals surface area contributed by atoms with Gasteiger partial charge in [0.05, 0.1) is 18.1 Å². The number of hydrogen-bond acceptors (Lipinski definition) is 3. The Kier molecular flexibility index (Phi) is 5.18. The van der Waals surface area contributed by atoms with E-state index in [1.54, 1.807) is 0 Å². The van der Waals surface area contributed by atoms with Crippen LogP contribution in [0.4, 0.5) is 5.69 Å². The van der Waals surface area contributed by atoms with Gasteiger partial charge in [-0.3, -0.25) is 0 Å². The third-order valence-electron chi connectivity index (χ3n) is 3.37. The molecule has 0 aromatic heterocycles. The van der Waals surface area contributed by atoms with Gasteiger partial charge in [-0.1, -0.05) is 32.0 Å². The number of para-hydroxylation sites is 1. The van der Waals surface area contributed by atoms with Crippen molar-refractivity contribution in [1.82, 2.24) is 0 Å². The van der Waals surface area contributed by atoms with Gasteiger partial charge in [0.25, 0.3) is 0 Å². The van der Waals surface area contributed by atoms with Gasteiger partial charge in [-0.05, 0) is 25.0 Å². The highest BCUT2D eigenvalue weighted by atomic mass is 16.3. The molecule has 0 aliphatic heterocycles. The van der Waals surface area contributed by atoms with E-state index in [1.165, 1.54) is 0 Å². The Bertz CT molecular complexity index is 393. The minimum atomic E-state index is -0.759. The fourth-order valence-corrected chi connectivity index (χ4v) is 1.69. The molecular formula is C15H22N2O. The van der Waals surface area contributed by atoms with E-state index in [2.05, 4.69) is 11.0 Å². The van der Waals surface area contributed by atoms with Crippen molar-refractivity contribution >= 4 is 5.69 Å². The van der Waals surface area contributed by atoms with Crippen LogP contribution in [-0.4, -0.2) is 23.8 Å². The molecule has 0 aliphatic rings. The summed E-state index contributed by atoms with van der Waals surface area (Å²) in [5, 5.41) is 19.1. The predicted molar refractivity (Wildman–Crippen MR) is 74.3 cm³/mol. The maximum atomic E-state index is 10.4. The second kappa shape index (κ2) is 6.42. The smallest absolute Gasteiger partial charge is 0.0816 e. The summed E-state index contributed by atoms with van der Waals surface area (Å²) in [6.45, 7) is 7.04. The number of hydrogen-bond donors (Lipinski definition) is 1. The first-order valence-electron chi connectivity index (χ1n) is 6.36. The van der Waals surface area contributed by atoms with Crippen molar-refractivity contribution in [3.8, 4) is 6.07 Å². The van der Waals surface area contributed by atoms with Gasteiger partial charge in [0.2, 0.25) is 0 Å². The van der Waals surface area contributed by atoms with Crippen LogP contribution in [0.1, 0.15) is 27.2 Å². The van der Waals surface area contributed by atoms with Gasteiger partial charge in [0, 0.05) is 18.8 Å². The first-order valence-corrected chi connectivity index (χ1v) is 6.36. The average molecular weight is 246 g/mol. The first kappa shape index (κ1) is 14.5. The molecule has 3 nitrogen and oxygen atoms in total. The third kappa shape index (κ3) is 4.05. The van der Waals surface area contributed by atoms with Gasteiger partial charge in [-0.25, -0.2) is 0 Å². The van der Waals surface area contributed by atoms with Crippen LogP contribution in [-0.2, 0) is 0 Å². The molecule has 0 saturated carbocycles. The van der Waals surface area contributed by atoms with Gasteiger partial charge in [-0.15, -0.1) is 0 Å². The minimum absolute atomic E-state index is 0.172. The molecule has 0 spiro atoms. The summed E-state index contributed by atoms with van der Waals surface area (Å²) in [5.74, 6) is 0.172. The maximum absolute atomic E-state index is 10.4. The second-order valence-electron chi connectivity index (χ2n) is 5.18. The fraction of sp³-hybridized carbons (Fsp3) is 0.533. The molecule has 0 fully saturated rings. The van der Waals surface area contributed by atoms with E-state index in [0.29, 0.717) is 19.5 Å². The maximum Gasteiger partial charge on any atom is 0.0816 e. The van der Waals surface area contributed by atoms with Crippen LogP contribution in [0, 0.1) is 17.2 Å². The largest absolute Gasteiger partial charge is 0.388 e. The van der Waals surface area contributed by atoms with Crippen molar-refractivity contribution in [1.29, 1.82) is 5.26 Å². The third-order valence-corrected chi connectivity index (χ3v) is 3.37. The van der Waals surface area contributed by atoms with Crippen molar-refractivity contribution in [3.05, 3.63) is 30.3 Å². The van der Waals surface area contributed by atoms with Crippen LogP contribution < -0.4 is 4.90 Å². The van der Waals surface area contributed by atoms with Gasteiger partial charge in [0.1, 0.15) is 0 Å². The number of rotatable bonds is 6. The van der Waals surface area contributed by atoms with Crippen molar-refractivity contribution in [3.63, 3.8) is 0 Å². The van der Waals surface area contributed by atoms with E-state index in [0.717, 1.165) is 5.69 Å². The highest BCUT2D eigenvalue weighted by molar-refractivity contribution is 5.46. The number of aliphatic hydroxyl groups is 1. The predicted octanol–water partition coefficient (Wildman–Crippen LogP) is 2.81. The fourth-order valence-electron chi connectivity index (χ4n) is 1.69. The molecule has 18 heavy (non-hydrogen) atoms. The molecule has 0 aliphatic carbocycles. The lowest BCUT2D eigenvalue weighted by Gasteiger charge is -2.35. The summed E-state index contributed by atoms with van der Waals surface area (Å²) in [4.78, 5) is 2.07. The van der Waals surface area contributed by atoms with Crippen molar-refractivity contribution in [2.24, 2.45) is 5.92 Å². The molecule has 0 amide bonds. The number of benzene rings is 1. The van der Waals surface area contributed by atoms with Crippen LogP contribution in [0.2, 0.25) is 0 Å². The Morgan fingerprint density at radius 3 is 2.44 bits per heavy atom. The van der Waals surface area contributed by atoms with Crippen molar-refractivity contribution < 1.29 is 5.11 Å². The molecular weight excluding hydrogens is 224 g/mol. The van der Waals surface area contributed by atoms with Gasteiger partial charge >= 0.3 is 0 Å². The normalized spacial score (nSPS) is 14.0. The zero-order valence-corrected chi connectivity index (χ0v) is 11.4. The topological polar surface area (TPSA) is 47.3 Å². The molecule has 0 heterocycles. The van der Waals surface area contributed by atoms with Crippen LogP contribution in [0.25, 0.3) is 0 Å². The number of anilines is 1. The van der Waals surface area contributed by atoms with E-state index < -0.39 is 5.60 Å². The molecule has 0 saturated heterocycles. The lowest BCUT2D eigenvalue weighted by Crippen LogP contribution is -2.45. The second-order valence-corrected chi connectivity index (χ2v) is 5.18. The van der Waals surface area contributed by atoms with Gasteiger partial charge < -0.3 is 10.0 Å². The molecule has 3 heteroatoms. The Balaban J connectivity index is 2.83. The van der Waals surface area contributed by atoms with Crippen LogP contribution in [0.5, 0.6) is 0 Å². The Hall–Kier alpha value is -1.53. The highest BCUT2D eigenvalue weighted by Gasteiger charge is 2.27. The molecule has 0 bridgehead atoms. The number of nitriles is 1. The molecule has 1 N–H and O–H groups in total. The Morgan fingerprint density at radius 2 is 1.94 bits per heavy atom. The summed E-state index contributed by atoms with van der Waals surface area (Å²) in [6.07, 6.45) is 0.461. The van der Waals surface area contributed by atoms with Crippen LogP contribution >= 0.6 is 0 Å². The summed E-state index contributed by atoms with van der Waals surface area (Å²) in [5.41, 5.74) is 0.291. The number of nitrogens with zero attached hydrogens (tertiary/aromatic N) is 2. The monoisotopic (exact) mass is 246 g/mol. The lowest BCUT2D eigenvalue weighted by atomic mass is 9.91. The summed E-state index contributed by atoms with van der Waals surface area (Å²) >= 11 is 0. The zero-order chi connectivity index (χ0) is 13.6. The van der Waals surface area contributed by atoms with E-state index in [-0.39, 0.29) is 5.92 Å². The zero-order valence-electron chi connectivity index (χ0n) is 11.4. The Morgan fingerprint density at radius 1 is 1.33 bits per heavy atom. The highest BCUT2D eigenvalue weighted by Crippen LogP contribution is 2.22. The van der Waals surface area contributed by atoms with Gasteiger partial charge in [0.15, 0.2) is 0 Å². The van der Waals surface area contributed by atoms with E-state index in [4.69, 9.17) is 5.26 Å². The Labute approximate surface area is 110 Å². The van der Waals surface area contributed by atoms with Crippen molar-refractivity contribution in [2.45, 2.75) is 32.8 Å². The van der Waals surface area contributed by atoms with E-state index >= 15 is 0 Å². The average Bonchev–Trinajstić information content (AvgIpc) is 2.35. The van der Waals surface area contributed by atoms with Gasteiger partial charge in [-0.2, -0.15) is 5.26 Å². The van der Waals surface area contributed by atoms with Crippen LogP contribution in [0.3, 0.4) is 0 Å². The summed E-state index contributed by atoms with van der Waals surface area (Å²) in [7, 11) is 0. The molecule has 98 valence electrons. The molecule has 0 radical (unpaired) electrons. The standard InChI is InChI=1S/C15H22N2O/c1-13(2)15(3,18)12-17(11-7-10-16)14-8-5-4-6-9-14/h4-6,8-9,13,18H,7,11-12H2,1-3H3. The molecule has 1 aromatic carbocycles. The molecule has 1 atom stereocenters. The first-order chi connectivity index (χ1) is 8.47. The molecule has 1 aromatic rings. The molecule has 1 rings (SSSR count). The van der Waals surface area contributed by atoms with Crippen molar-refractivity contribution in [2.75, 3.05) is 18.0 Å². The SMILES string of the molecule is CC(C)C(C)(O)CN(CCC#N)c1ccccc1. The van der Waals surface area contributed by atoms with E-state index in [1.807, 2.05) is 51.1 Å². The summed E-state index contributed by atoms with van der Waals surface area (Å²) in [6, 6.07) is 12.1. The van der Waals surface area contributed by atoms with E-state index in [9.17, 15) is 5.11 Å². The minimum Gasteiger partial charge on any atom is -0.388 e. The summed E-state index contributed by atoms with van der Waals surface area (Å²) < 4.78 is 0. The lowest BCUT2D eigenvalue weighted by molar-refractivity contribution is 0.0207. The van der Waals surface area contributed by atoms with Crippen LogP contribution in [0.15, 0.2) is 30.3 Å².